The standard InChI is InChI=1S/C16H21N3O/c1-18(14-8-4-3-5-9-14)13-7-11-17-16(20)15-10-6-12-19(15)2/h3-6,8-10,12H,7,11,13H2,1-2H3,(H,17,20). The summed E-state index contributed by atoms with van der Waals surface area (Å²) in [5, 5.41) is 2.95. The van der Waals surface area contributed by atoms with E-state index in [2.05, 4.69) is 29.4 Å². The van der Waals surface area contributed by atoms with E-state index in [1.807, 2.05) is 48.1 Å². The molecule has 0 unspecified atom stereocenters. The molecule has 4 heteroatoms. The Bertz CT molecular complexity index is 548. The van der Waals surface area contributed by atoms with E-state index in [1.165, 1.54) is 5.69 Å². The molecule has 0 aliphatic rings. The predicted octanol–water partition coefficient (Wildman–Crippen LogP) is 2.28. The Morgan fingerprint density at radius 2 is 1.95 bits per heavy atom. The maximum atomic E-state index is 11.9. The van der Waals surface area contributed by atoms with Gasteiger partial charge in [-0.1, -0.05) is 18.2 Å². The number of carbonyl (C=O) groups is 1. The largest absolute Gasteiger partial charge is 0.375 e. The van der Waals surface area contributed by atoms with Gasteiger partial charge in [0.2, 0.25) is 0 Å². The highest BCUT2D eigenvalue weighted by molar-refractivity contribution is 5.92. The first-order valence-electron chi connectivity index (χ1n) is 6.84. The van der Waals surface area contributed by atoms with E-state index in [4.69, 9.17) is 0 Å². The summed E-state index contributed by atoms with van der Waals surface area (Å²) >= 11 is 0. The highest BCUT2D eigenvalue weighted by Crippen LogP contribution is 2.10. The molecule has 106 valence electrons. The zero-order valence-corrected chi connectivity index (χ0v) is 12.0. The van der Waals surface area contributed by atoms with Crippen molar-refractivity contribution >= 4 is 11.6 Å². The van der Waals surface area contributed by atoms with Crippen LogP contribution in [0.1, 0.15) is 16.9 Å². The number of rotatable bonds is 6. The summed E-state index contributed by atoms with van der Waals surface area (Å²) in [7, 11) is 3.94. The summed E-state index contributed by atoms with van der Waals surface area (Å²) in [4.78, 5) is 14.1. The van der Waals surface area contributed by atoms with Gasteiger partial charge in [0.25, 0.3) is 5.91 Å². The lowest BCUT2D eigenvalue weighted by Gasteiger charge is -2.19. The van der Waals surface area contributed by atoms with Gasteiger partial charge in [-0.25, -0.2) is 0 Å². The van der Waals surface area contributed by atoms with E-state index < -0.39 is 0 Å². The summed E-state index contributed by atoms with van der Waals surface area (Å²) in [6.45, 7) is 1.60. The number of anilines is 1. The lowest BCUT2D eigenvalue weighted by atomic mass is 10.3. The van der Waals surface area contributed by atoms with E-state index in [0.717, 1.165) is 13.0 Å². The quantitative estimate of drug-likeness (QED) is 0.818. The summed E-state index contributed by atoms with van der Waals surface area (Å²) in [6, 6.07) is 13.9. The highest BCUT2D eigenvalue weighted by atomic mass is 16.1. The maximum Gasteiger partial charge on any atom is 0.267 e. The fourth-order valence-electron chi connectivity index (χ4n) is 2.12. The molecule has 0 fully saturated rings. The van der Waals surface area contributed by atoms with E-state index >= 15 is 0 Å². The first-order valence-corrected chi connectivity index (χ1v) is 6.84. The molecule has 2 aromatic rings. The molecule has 2 rings (SSSR count). The monoisotopic (exact) mass is 271 g/mol. The minimum atomic E-state index is -0.0140. The Kier molecular flexibility index (Phi) is 4.82. The topological polar surface area (TPSA) is 37.3 Å². The zero-order chi connectivity index (χ0) is 14.4. The van der Waals surface area contributed by atoms with Crippen molar-refractivity contribution in [2.75, 3.05) is 25.0 Å². The van der Waals surface area contributed by atoms with Gasteiger partial charge in [0.1, 0.15) is 5.69 Å². The maximum absolute atomic E-state index is 11.9. The molecule has 1 amide bonds. The summed E-state index contributed by atoms with van der Waals surface area (Å²) in [5.41, 5.74) is 1.89. The molecule has 0 aliphatic carbocycles. The number of aromatic nitrogens is 1. The molecule has 0 atom stereocenters. The van der Waals surface area contributed by atoms with Crippen molar-refractivity contribution in [3.05, 3.63) is 54.4 Å². The number of amides is 1. The lowest BCUT2D eigenvalue weighted by Crippen LogP contribution is -2.29. The van der Waals surface area contributed by atoms with E-state index in [-0.39, 0.29) is 5.91 Å². The zero-order valence-electron chi connectivity index (χ0n) is 12.0. The SMILES string of the molecule is CN(CCCNC(=O)c1cccn1C)c1ccccc1. The minimum Gasteiger partial charge on any atom is -0.375 e. The second-order valence-electron chi connectivity index (χ2n) is 4.87. The van der Waals surface area contributed by atoms with Crippen LogP contribution in [0.5, 0.6) is 0 Å². The predicted molar refractivity (Wildman–Crippen MR) is 82.1 cm³/mol. The van der Waals surface area contributed by atoms with Crippen LogP contribution in [0.3, 0.4) is 0 Å². The summed E-state index contributed by atoms with van der Waals surface area (Å²) < 4.78 is 1.82. The fraction of sp³-hybridized carbons (Fsp3) is 0.312. The van der Waals surface area contributed by atoms with Gasteiger partial charge in [-0.05, 0) is 30.7 Å². The van der Waals surface area contributed by atoms with Crippen molar-refractivity contribution in [1.29, 1.82) is 0 Å². The normalized spacial score (nSPS) is 10.3. The van der Waals surface area contributed by atoms with E-state index in [1.54, 1.807) is 0 Å². The van der Waals surface area contributed by atoms with Gasteiger partial charge in [0.05, 0.1) is 0 Å². The third-order valence-corrected chi connectivity index (χ3v) is 3.33. The van der Waals surface area contributed by atoms with Crippen LogP contribution in [-0.4, -0.2) is 30.6 Å². The van der Waals surface area contributed by atoms with Crippen LogP contribution in [-0.2, 0) is 7.05 Å². The van der Waals surface area contributed by atoms with Crippen molar-refractivity contribution in [1.82, 2.24) is 9.88 Å². The fourth-order valence-corrected chi connectivity index (χ4v) is 2.12. The molecule has 1 heterocycles. The molecule has 0 spiro atoms. The molecular formula is C16H21N3O. The molecule has 1 aromatic carbocycles. The third-order valence-electron chi connectivity index (χ3n) is 3.33. The third kappa shape index (κ3) is 3.63. The highest BCUT2D eigenvalue weighted by Gasteiger charge is 2.07. The van der Waals surface area contributed by atoms with Gasteiger partial charge in [0.15, 0.2) is 0 Å². The molecule has 1 aromatic heterocycles. The van der Waals surface area contributed by atoms with Gasteiger partial charge in [-0.2, -0.15) is 0 Å². The Morgan fingerprint density at radius 1 is 1.20 bits per heavy atom. The van der Waals surface area contributed by atoms with Crippen molar-refractivity contribution in [2.24, 2.45) is 7.05 Å². The van der Waals surface area contributed by atoms with Crippen LogP contribution in [0.25, 0.3) is 0 Å². The van der Waals surface area contributed by atoms with Crippen LogP contribution < -0.4 is 10.2 Å². The number of benzene rings is 1. The second kappa shape index (κ2) is 6.80. The molecule has 4 nitrogen and oxygen atoms in total. The van der Waals surface area contributed by atoms with Crippen LogP contribution in [0.2, 0.25) is 0 Å². The van der Waals surface area contributed by atoms with Crippen molar-refractivity contribution in [3.8, 4) is 0 Å². The Balaban J connectivity index is 1.72. The number of carbonyl (C=O) groups excluding carboxylic acids is 1. The molecule has 0 bridgehead atoms. The number of hydrogen-bond donors (Lipinski definition) is 1. The van der Waals surface area contributed by atoms with Crippen LogP contribution in [0.15, 0.2) is 48.7 Å². The lowest BCUT2D eigenvalue weighted by molar-refractivity contribution is 0.0945. The Morgan fingerprint density at radius 3 is 2.60 bits per heavy atom. The van der Waals surface area contributed by atoms with Crippen molar-refractivity contribution in [3.63, 3.8) is 0 Å². The first kappa shape index (κ1) is 14.2. The number of aryl methyl sites for hydroxylation is 1. The molecule has 0 saturated carbocycles. The first-order chi connectivity index (χ1) is 9.68. The van der Waals surface area contributed by atoms with Gasteiger partial charge in [-0.3, -0.25) is 4.79 Å². The van der Waals surface area contributed by atoms with Crippen LogP contribution in [0.4, 0.5) is 5.69 Å². The Hall–Kier alpha value is -2.23. The number of para-hydroxylation sites is 1. The molecule has 0 saturated heterocycles. The average molecular weight is 271 g/mol. The minimum absolute atomic E-state index is 0.0140. The Labute approximate surface area is 120 Å². The van der Waals surface area contributed by atoms with E-state index in [9.17, 15) is 4.79 Å². The van der Waals surface area contributed by atoms with Crippen molar-refractivity contribution in [2.45, 2.75) is 6.42 Å². The van der Waals surface area contributed by atoms with Crippen LogP contribution >= 0.6 is 0 Å². The van der Waals surface area contributed by atoms with Gasteiger partial charge >= 0.3 is 0 Å². The summed E-state index contributed by atoms with van der Waals surface area (Å²) in [5.74, 6) is -0.0140. The number of hydrogen-bond acceptors (Lipinski definition) is 2. The van der Waals surface area contributed by atoms with Crippen LogP contribution in [0, 0.1) is 0 Å². The van der Waals surface area contributed by atoms with Gasteiger partial charge in [-0.15, -0.1) is 0 Å². The summed E-state index contributed by atoms with van der Waals surface area (Å²) in [6.07, 6.45) is 2.79. The number of nitrogens with one attached hydrogen (secondary N) is 1. The smallest absolute Gasteiger partial charge is 0.267 e. The molecule has 1 N–H and O–H groups in total. The number of nitrogens with zero attached hydrogens (tertiary/aromatic N) is 2. The average Bonchev–Trinajstić information content (AvgIpc) is 2.90. The van der Waals surface area contributed by atoms with Crippen molar-refractivity contribution < 1.29 is 4.79 Å². The second-order valence-corrected chi connectivity index (χ2v) is 4.87. The van der Waals surface area contributed by atoms with Gasteiger partial charge < -0.3 is 14.8 Å². The molecule has 0 aliphatic heterocycles. The molecule has 20 heavy (non-hydrogen) atoms. The van der Waals surface area contributed by atoms with E-state index in [0.29, 0.717) is 12.2 Å². The molecular weight excluding hydrogens is 250 g/mol. The molecule has 0 radical (unpaired) electrons. The van der Waals surface area contributed by atoms with Gasteiger partial charge in [0, 0.05) is 39.1 Å².